The van der Waals surface area contributed by atoms with Gasteiger partial charge >= 0.3 is 6.03 Å². The van der Waals surface area contributed by atoms with Gasteiger partial charge in [-0.2, -0.15) is 0 Å². The quantitative estimate of drug-likeness (QED) is 0.487. The second-order valence-corrected chi connectivity index (χ2v) is 6.96. The first-order chi connectivity index (χ1) is 14.3. The lowest BCUT2D eigenvalue weighted by atomic mass is 10.1. The van der Waals surface area contributed by atoms with E-state index >= 15 is 0 Å². The Bertz CT molecular complexity index is 1230. The third kappa shape index (κ3) is 3.51. The van der Waals surface area contributed by atoms with Gasteiger partial charge in [-0.3, -0.25) is 14.9 Å². The lowest BCUT2D eigenvalue weighted by Gasteiger charge is -2.27. The van der Waals surface area contributed by atoms with Crippen molar-refractivity contribution in [2.75, 3.05) is 4.90 Å². The molecule has 30 heavy (non-hydrogen) atoms. The highest BCUT2D eigenvalue weighted by atomic mass is 35.5. The van der Waals surface area contributed by atoms with Gasteiger partial charge in [-0.25, -0.2) is 14.1 Å². The first-order valence-electron chi connectivity index (χ1n) is 8.87. The second kappa shape index (κ2) is 7.61. The predicted octanol–water partition coefficient (Wildman–Crippen LogP) is 4.71. The Kier molecular flexibility index (Phi) is 4.97. The Morgan fingerprint density at radius 1 is 1.07 bits per heavy atom. The molecule has 0 spiro atoms. The minimum atomic E-state index is -0.868. The van der Waals surface area contributed by atoms with Crippen molar-refractivity contribution in [2.45, 2.75) is 6.92 Å². The molecule has 1 saturated heterocycles. The zero-order valence-electron chi connectivity index (χ0n) is 15.6. The van der Waals surface area contributed by atoms with Crippen LogP contribution in [-0.2, 0) is 9.59 Å². The minimum absolute atomic E-state index is 0.199. The first kappa shape index (κ1) is 19.6. The van der Waals surface area contributed by atoms with Crippen LogP contribution in [0, 0.1) is 12.7 Å². The van der Waals surface area contributed by atoms with Gasteiger partial charge in [0.2, 0.25) is 0 Å². The molecular weight excluding hydrogens is 411 g/mol. The number of hydrogen-bond donors (Lipinski definition) is 1. The van der Waals surface area contributed by atoms with E-state index in [0.717, 1.165) is 4.90 Å². The number of rotatable bonds is 3. The van der Waals surface area contributed by atoms with Gasteiger partial charge < -0.3 is 4.42 Å². The topological polar surface area (TPSA) is 79.6 Å². The Morgan fingerprint density at radius 3 is 2.60 bits per heavy atom. The molecule has 1 aromatic heterocycles. The van der Waals surface area contributed by atoms with E-state index in [2.05, 4.69) is 5.32 Å². The maximum atomic E-state index is 13.4. The average molecular weight is 425 g/mol. The van der Waals surface area contributed by atoms with Crippen LogP contribution in [0.1, 0.15) is 11.3 Å². The zero-order valence-corrected chi connectivity index (χ0v) is 16.4. The van der Waals surface area contributed by atoms with Gasteiger partial charge in [-0.05, 0) is 55.0 Å². The molecule has 0 saturated carbocycles. The van der Waals surface area contributed by atoms with E-state index in [9.17, 15) is 18.8 Å². The summed E-state index contributed by atoms with van der Waals surface area (Å²) in [5, 5.41) is 2.52. The number of halogens is 2. The van der Waals surface area contributed by atoms with Crippen molar-refractivity contribution in [3.8, 4) is 11.3 Å². The van der Waals surface area contributed by atoms with E-state index in [1.165, 1.54) is 18.2 Å². The highest BCUT2D eigenvalue weighted by Gasteiger charge is 2.37. The molecule has 0 bridgehead atoms. The molecule has 0 radical (unpaired) electrons. The first-order valence-corrected chi connectivity index (χ1v) is 9.25. The molecule has 2 aromatic carbocycles. The van der Waals surface area contributed by atoms with E-state index in [4.69, 9.17) is 16.0 Å². The molecule has 3 aromatic rings. The summed E-state index contributed by atoms with van der Waals surface area (Å²) in [6.45, 7) is 1.66. The fourth-order valence-corrected chi connectivity index (χ4v) is 3.25. The Labute approximate surface area is 175 Å². The van der Waals surface area contributed by atoms with Gasteiger partial charge in [0.25, 0.3) is 11.8 Å². The van der Waals surface area contributed by atoms with Gasteiger partial charge in [0.05, 0.1) is 5.69 Å². The summed E-state index contributed by atoms with van der Waals surface area (Å²) in [4.78, 5) is 38.5. The average Bonchev–Trinajstić information content (AvgIpc) is 3.17. The summed E-state index contributed by atoms with van der Waals surface area (Å²) >= 11 is 6.10. The van der Waals surface area contributed by atoms with Crippen LogP contribution in [0.25, 0.3) is 17.4 Å². The SMILES string of the molecule is Cc1c(Cl)cccc1N1C(=O)NC(=O)/C(=C\c2ccc(-c3cccc(F)c3)o2)C1=O. The van der Waals surface area contributed by atoms with Crippen molar-refractivity contribution >= 4 is 41.2 Å². The van der Waals surface area contributed by atoms with Crippen LogP contribution in [0.3, 0.4) is 0 Å². The number of carbonyl (C=O) groups excluding carboxylic acids is 3. The number of imide groups is 2. The molecule has 2 heterocycles. The number of nitrogens with one attached hydrogen (secondary N) is 1. The standard InChI is InChI=1S/C22H14ClFN2O4/c1-12-17(23)6-3-7-18(12)26-21(28)16(20(27)25-22(26)29)11-15-8-9-19(30-15)13-4-2-5-14(24)10-13/h2-11H,1H3,(H,25,27,29)/b16-11+. The summed E-state index contributed by atoms with van der Waals surface area (Å²) in [5.74, 6) is -1.51. The summed E-state index contributed by atoms with van der Waals surface area (Å²) in [6, 6.07) is 12.9. The minimum Gasteiger partial charge on any atom is -0.457 e. The second-order valence-electron chi connectivity index (χ2n) is 6.55. The van der Waals surface area contributed by atoms with Crippen molar-refractivity contribution in [2.24, 2.45) is 0 Å². The van der Waals surface area contributed by atoms with Crippen LogP contribution in [-0.4, -0.2) is 17.8 Å². The van der Waals surface area contributed by atoms with Crippen LogP contribution in [0.4, 0.5) is 14.9 Å². The van der Waals surface area contributed by atoms with Crippen molar-refractivity contribution in [3.63, 3.8) is 0 Å². The molecule has 0 aliphatic carbocycles. The number of barbiturate groups is 1. The lowest BCUT2D eigenvalue weighted by molar-refractivity contribution is -0.122. The fraction of sp³-hybridized carbons (Fsp3) is 0.0455. The number of nitrogens with zero attached hydrogens (tertiary/aromatic N) is 1. The van der Waals surface area contributed by atoms with Gasteiger partial charge in [0, 0.05) is 10.6 Å². The number of hydrogen-bond acceptors (Lipinski definition) is 4. The maximum Gasteiger partial charge on any atom is 0.335 e. The molecule has 6 nitrogen and oxygen atoms in total. The largest absolute Gasteiger partial charge is 0.457 e. The monoisotopic (exact) mass is 424 g/mol. The van der Waals surface area contributed by atoms with Gasteiger partial charge in [0.1, 0.15) is 22.9 Å². The van der Waals surface area contributed by atoms with Crippen molar-refractivity contribution in [3.05, 3.63) is 82.3 Å². The Hall–Kier alpha value is -3.71. The number of amides is 4. The van der Waals surface area contributed by atoms with Gasteiger partial charge in [-0.1, -0.05) is 29.8 Å². The summed E-state index contributed by atoms with van der Waals surface area (Å²) in [5.41, 5.74) is 1.01. The number of urea groups is 1. The van der Waals surface area contributed by atoms with Crippen LogP contribution in [0.15, 0.2) is 64.6 Å². The number of carbonyl (C=O) groups is 3. The van der Waals surface area contributed by atoms with E-state index in [0.29, 0.717) is 21.9 Å². The smallest absolute Gasteiger partial charge is 0.335 e. The highest BCUT2D eigenvalue weighted by molar-refractivity contribution is 6.39. The van der Waals surface area contributed by atoms with Crippen molar-refractivity contribution in [1.29, 1.82) is 0 Å². The van der Waals surface area contributed by atoms with Crippen LogP contribution in [0.5, 0.6) is 0 Å². The van der Waals surface area contributed by atoms with E-state index in [1.807, 2.05) is 0 Å². The van der Waals surface area contributed by atoms with Crippen LogP contribution in [0.2, 0.25) is 5.02 Å². The molecule has 1 aliphatic heterocycles. The van der Waals surface area contributed by atoms with Crippen molar-refractivity contribution < 1.29 is 23.2 Å². The number of anilines is 1. The molecule has 1 aliphatic rings. The third-order valence-corrected chi connectivity index (χ3v) is 5.01. The Morgan fingerprint density at radius 2 is 1.83 bits per heavy atom. The molecule has 1 fully saturated rings. The van der Waals surface area contributed by atoms with Gasteiger partial charge in [0.15, 0.2) is 0 Å². The zero-order chi connectivity index (χ0) is 21.4. The molecule has 0 unspecified atom stereocenters. The highest BCUT2D eigenvalue weighted by Crippen LogP contribution is 2.30. The lowest BCUT2D eigenvalue weighted by Crippen LogP contribution is -2.54. The van der Waals surface area contributed by atoms with E-state index in [-0.39, 0.29) is 17.0 Å². The Balaban J connectivity index is 1.71. The third-order valence-electron chi connectivity index (χ3n) is 4.60. The number of benzene rings is 2. The molecule has 0 atom stereocenters. The molecular formula is C22H14ClFN2O4. The van der Waals surface area contributed by atoms with Crippen LogP contribution < -0.4 is 10.2 Å². The van der Waals surface area contributed by atoms with E-state index in [1.54, 1.807) is 49.4 Å². The predicted molar refractivity (Wildman–Crippen MR) is 109 cm³/mol. The molecule has 8 heteroatoms. The summed E-state index contributed by atoms with van der Waals surface area (Å²) in [6.07, 6.45) is 1.24. The maximum absolute atomic E-state index is 13.4. The van der Waals surface area contributed by atoms with Crippen molar-refractivity contribution in [1.82, 2.24) is 5.32 Å². The molecule has 150 valence electrons. The summed E-state index contributed by atoms with van der Waals surface area (Å²) < 4.78 is 19.1. The van der Waals surface area contributed by atoms with Crippen LogP contribution >= 0.6 is 11.6 Å². The molecule has 4 rings (SSSR count). The molecule has 1 N–H and O–H groups in total. The van der Waals surface area contributed by atoms with E-state index < -0.39 is 23.7 Å². The number of furan rings is 1. The summed E-state index contributed by atoms with van der Waals surface area (Å²) in [7, 11) is 0. The molecule has 4 amide bonds. The van der Waals surface area contributed by atoms with Gasteiger partial charge in [-0.15, -0.1) is 0 Å². The normalized spacial score (nSPS) is 15.6. The fourth-order valence-electron chi connectivity index (χ4n) is 3.08.